The van der Waals surface area contributed by atoms with Gasteiger partial charge in [0.1, 0.15) is 11.9 Å². The zero-order valence-corrected chi connectivity index (χ0v) is 20.5. The van der Waals surface area contributed by atoms with Gasteiger partial charge in [0.05, 0.1) is 36.4 Å². The normalized spacial score (nSPS) is 17.2. The third-order valence-corrected chi connectivity index (χ3v) is 6.18. The van der Waals surface area contributed by atoms with Crippen molar-refractivity contribution in [1.82, 2.24) is 24.8 Å². The van der Waals surface area contributed by atoms with Crippen molar-refractivity contribution in [2.24, 2.45) is 0 Å². The van der Waals surface area contributed by atoms with E-state index in [1.807, 2.05) is 30.3 Å². The summed E-state index contributed by atoms with van der Waals surface area (Å²) in [4.78, 5) is 20.0. The van der Waals surface area contributed by atoms with Gasteiger partial charge in [-0.2, -0.15) is 4.98 Å². The van der Waals surface area contributed by atoms with Gasteiger partial charge in [0.15, 0.2) is 5.75 Å². The van der Waals surface area contributed by atoms with Crippen LogP contribution in [0.4, 0.5) is 23.1 Å². The van der Waals surface area contributed by atoms with Gasteiger partial charge in [0.25, 0.3) is 5.88 Å². The number of hydrogen-bond acceptors (Lipinski definition) is 9. The Morgan fingerprint density at radius 3 is 2.57 bits per heavy atom. The molecular formula is C25H26ClN7O2. The van der Waals surface area contributed by atoms with Crippen molar-refractivity contribution in [3.63, 3.8) is 0 Å². The summed E-state index contributed by atoms with van der Waals surface area (Å²) in [6.45, 7) is 0. The Labute approximate surface area is 208 Å². The van der Waals surface area contributed by atoms with Crippen LogP contribution in [0.2, 0.25) is 5.02 Å². The minimum atomic E-state index is 0.148. The van der Waals surface area contributed by atoms with E-state index >= 15 is 0 Å². The van der Waals surface area contributed by atoms with E-state index in [0.717, 1.165) is 29.4 Å². The van der Waals surface area contributed by atoms with Gasteiger partial charge in [-0.3, -0.25) is 4.98 Å². The number of pyridine rings is 2. The molecule has 9 nitrogen and oxygen atoms in total. The molecule has 0 unspecified atom stereocenters. The Morgan fingerprint density at radius 2 is 1.77 bits per heavy atom. The molecule has 5 rings (SSSR count). The van der Waals surface area contributed by atoms with E-state index < -0.39 is 0 Å². The summed E-state index contributed by atoms with van der Waals surface area (Å²) in [5.41, 5.74) is 2.35. The quantitative estimate of drug-likeness (QED) is 0.351. The van der Waals surface area contributed by atoms with E-state index in [1.165, 1.54) is 0 Å². The third-order valence-electron chi connectivity index (χ3n) is 5.94. The molecule has 1 aliphatic rings. The Bertz CT molecular complexity index is 1340. The monoisotopic (exact) mass is 491 g/mol. The van der Waals surface area contributed by atoms with E-state index in [2.05, 4.69) is 49.6 Å². The molecule has 1 aromatic carbocycles. The molecule has 3 aromatic heterocycles. The van der Waals surface area contributed by atoms with E-state index in [4.69, 9.17) is 21.1 Å². The molecule has 4 aromatic rings. The van der Waals surface area contributed by atoms with E-state index in [9.17, 15) is 0 Å². The lowest BCUT2D eigenvalue weighted by Crippen LogP contribution is -2.46. The van der Waals surface area contributed by atoms with Crippen molar-refractivity contribution in [3.05, 3.63) is 60.0 Å². The molecule has 0 spiro atoms. The second-order valence-corrected chi connectivity index (χ2v) is 9.07. The van der Waals surface area contributed by atoms with Crippen molar-refractivity contribution in [2.75, 3.05) is 31.8 Å². The molecule has 0 saturated heterocycles. The molecule has 10 heteroatoms. The Hall–Kier alpha value is -3.69. The number of nitrogens with zero attached hydrogens (tertiary/aromatic N) is 5. The molecule has 0 amide bonds. The van der Waals surface area contributed by atoms with Crippen LogP contribution >= 0.6 is 11.6 Å². The van der Waals surface area contributed by atoms with Crippen molar-refractivity contribution < 1.29 is 9.47 Å². The van der Waals surface area contributed by atoms with Crippen LogP contribution in [-0.4, -0.2) is 58.2 Å². The lowest BCUT2D eigenvalue weighted by atomic mass is 9.88. The predicted molar refractivity (Wildman–Crippen MR) is 137 cm³/mol. The zero-order chi connectivity index (χ0) is 24.4. The molecule has 1 fully saturated rings. The minimum Gasteiger partial charge on any atom is -0.491 e. The van der Waals surface area contributed by atoms with Crippen LogP contribution in [0.25, 0.3) is 10.9 Å². The summed E-state index contributed by atoms with van der Waals surface area (Å²) in [5, 5.41) is 8.03. The summed E-state index contributed by atoms with van der Waals surface area (Å²) in [6, 6.07) is 11.7. The van der Waals surface area contributed by atoms with E-state index in [0.29, 0.717) is 40.1 Å². The second kappa shape index (κ2) is 9.89. The van der Waals surface area contributed by atoms with Gasteiger partial charge in [-0.05, 0) is 44.4 Å². The number of ether oxygens (including phenoxy) is 2. The molecule has 35 heavy (non-hydrogen) atoms. The van der Waals surface area contributed by atoms with Crippen LogP contribution in [0, 0.1) is 0 Å². The summed E-state index contributed by atoms with van der Waals surface area (Å²) in [7, 11) is 5.77. The first-order chi connectivity index (χ1) is 17.0. The standard InChI is InChI=1S/C25H26ClN7O2/c1-33(2)19-11-20(12-19)35-24-22(34-3)10-18(14-29-24)31-25-27-7-6-23(32-25)30-17-9-15-8-16(26)4-5-21(15)28-13-17/h4-10,13-14,19-20H,11-12H2,1-3H3,(H2,27,30,31,32). The summed E-state index contributed by atoms with van der Waals surface area (Å²) in [5.74, 6) is 2.07. The number of fused-ring (bicyclic) bond motifs is 1. The lowest BCUT2D eigenvalue weighted by molar-refractivity contribution is 0.0351. The van der Waals surface area contributed by atoms with Crippen molar-refractivity contribution in [3.8, 4) is 11.6 Å². The zero-order valence-electron chi connectivity index (χ0n) is 19.7. The molecule has 1 aliphatic carbocycles. The fourth-order valence-electron chi connectivity index (χ4n) is 3.89. The number of hydrogen-bond donors (Lipinski definition) is 2. The molecule has 2 N–H and O–H groups in total. The first-order valence-corrected chi connectivity index (χ1v) is 11.6. The van der Waals surface area contributed by atoms with Gasteiger partial charge >= 0.3 is 0 Å². The fourth-order valence-corrected chi connectivity index (χ4v) is 4.07. The first-order valence-electron chi connectivity index (χ1n) is 11.3. The Morgan fingerprint density at radius 1 is 0.971 bits per heavy atom. The smallest absolute Gasteiger partial charge is 0.257 e. The summed E-state index contributed by atoms with van der Waals surface area (Å²) in [6.07, 6.45) is 7.20. The van der Waals surface area contributed by atoms with Crippen LogP contribution in [0.15, 0.2) is 55.0 Å². The minimum absolute atomic E-state index is 0.148. The number of anilines is 4. The fraction of sp³-hybridized carbons (Fsp3) is 0.280. The maximum Gasteiger partial charge on any atom is 0.257 e. The third kappa shape index (κ3) is 5.36. The molecule has 0 radical (unpaired) electrons. The molecule has 3 heterocycles. The molecule has 0 aliphatic heterocycles. The highest BCUT2D eigenvalue weighted by atomic mass is 35.5. The number of methoxy groups -OCH3 is 1. The van der Waals surface area contributed by atoms with Crippen LogP contribution < -0.4 is 20.1 Å². The average Bonchev–Trinajstić information content (AvgIpc) is 2.81. The van der Waals surface area contributed by atoms with Crippen LogP contribution in [0.3, 0.4) is 0 Å². The second-order valence-electron chi connectivity index (χ2n) is 8.64. The highest BCUT2D eigenvalue weighted by Gasteiger charge is 2.33. The molecule has 1 saturated carbocycles. The van der Waals surface area contributed by atoms with Crippen LogP contribution in [-0.2, 0) is 0 Å². The molecular weight excluding hydrogens is 466 g/mol. The van der Waals surface area contributed by atoms with Crippen molar-refractivity contribution in [2.45, 2.75) is 25.0 Å². The van der Waals surface area contributed by atoms with E-state index in [-0.39, 0.29) is 6.10 Å². The first kappa shape index (κ1) is 23.1. The number of aromatic nitrogens is 4. The number of halogens is 1. The van der Waals surface area contributed by atoms with Gasteiger partial charge in [-0.25, -0.2) is 9.97 Å². The topological polar surface area (TPSA) is 97.3 Å². The summed E-state index contributed by atoms with van der Waals surface area (Å²) < 4.78 is 11.5. The van der Waals surface area contributed by atoms with Crippen molar-refractivity contribution in [1.29, 1.82) is 0 Å². The average molecular weight is 492 g/mol. The predicted octanol–water partition coefficient (Wildman–Crippen LogP) is 5.04. The molecule has 0 bridgehead atoms. The highest BCUT2D eigenvalue weighted by molar-refractivity contribution is 6.31. The Kier molecular flexibility index (Phi) is 6.52. The van der Waals surface area contributed by atoms with Crippen molar-refractivity contribution >= 4 is 45.6 Å². The summed E-state index contributed by atoms with van der Waals surface area (Å²) >= 11 is 6.11. The van der Waals surface area contributed by atoms with E-state index in [1.54, 1.807) is 31.8 Å². The molecule has 180 valence electrons. The van der Waals surface area contributed by atoms with Gasteiger partial charge in [0.2, 0.25) is 5.95 Å². The SMILES string of the molecule is COc1cc(Nc2nccc(Nc3cnc4ccc(Cl)cc4c3)n2)cnc1OC1CC(N(C)C)C1. The van der Waals surface area contributed by atoms with Crippen LogP contribution in [0.5, 0.6) is 11.6 Å². The maximum absolute atomic E-state index is 6.11. The lowest BCUT2D eigenvalue weighted by Gasteiger charge is -2.39. The van der Waals surface area contributed by atoms with Gasteiger partial charge in [-0.1, -0.05) is 11.6 Å². The molecule has 0 atom stereocenters. The Balaban J connectivity index is 1.27. The largest absolute Gasteiger partial charge is 0.491 e. The maximum atomic E-state index is 6.11. The van der Waals surface area contributed by atoms with Gasteiger partial charge in [-0.15, -0.1) is 0 Å². The van der Waals surface area contributed by atoms with Gasteiger partial charge in [0, 0.05) is 41.6 Å². The van der Waals surface area contributed by atoms with Crippen LogP contribution in [0.1, 0.15) is 12.8 Å². The number of rotatable bonds is 8. The van der Waals surface area contributed by atoms with Gasteiger partial charge < -0.3 is 25.0 Å². The highest BCUT2D eigenvalue weighted by Crippen LogP contribution is 2.34. The number of benzene rings is 1. The number of nitrogens with one attached hydrogen (secondary N) is 2.